The molecule has 0 saturated carbocycles. The van der Waals surface area contributed by atoms with Crippen molar-refractivity contribution in [2.75, 3.05) is 13.2 Å². The fourth-order valence-corrected chi connectivity index (χ4v) is 6.15. The second-order valence-corrected chi connectivity index (χ2v) is 14.4. The fourth-order valence-electron chi connectivity index (χ4n) is 6.15. The van der Waals surface area contributed by atoms with Crippen molar-refractivity contribution in [3.63, 3.8) is 0 Å². The first-order valence-electron chi connectivity index (χ1n) is 21.5. The average Bonchev–Trinajstić information content (AvgIpc) is 3.12. The molecule has 0 heterocycles. The molecule has 0 fully saturated rings. The number of aliphatic hydroxyl groups excluding tert-OH is 1. The van der Waals surface area contributed by atoms with Crippen molar-refractivity contribution in [3.8, 4) is 0 Å². The van der Waals surface area contributed by atoms with Crippen LogP contribution in [0.4, 0.5) is 0 Å². The number of carbonyl (C=O) groups excluding carboxylic acids is 2. The van der Waals surface area contributed by atoms with Gasteiger partial charge in [0.25, 0.3) is 0 Å². The summed E-state index contributed by atoms with van der Waals surface area (Å²) in [7, 11) is 0. The summed E-state index contributed by atoms with van der Waals surface area (Å²) in [6.45, 7) is 4.11. The van der Waals surface area contributed by atoms with Gasteiger partial charge in [-0.15, -0.1) is 0 Å². The average molecular weight is 703 g/mol. The lowest BCUT2D eigenvalue weighted by Crippen LogP contribution is -2.28. The summed E-state index contributed by atoms with van der Waals surface area (Å²) < 4.78 is 10.6. The third-order valence-corrected chi connectivity index (χ3v) is 9.44. The Balaban J connectivity index is 3.48. The topological polar surface area (TPSA) is 72.8 Å². The van der Waals surface area contributed by atoms with Crippen molar-refractivity contribution >= 4 is 11.9 Å². The maximum absolute atomic E-state index is 12.2. The van der Waals surface area contributed by atoms with Crippen molar-refractivity contribution in [1.29, 1.82) is 0 Å². The van der Waals surface area contributed by atoms with Gasteiger partial charge in [-0.3, -0.25) is 9.59 Å². The highest BCUT2D eigenvalue weighted by Crippen LogP contribution is 2.14. The molecule has 1 N–H and O–H groups in total. The molecule has 0 aromatic heterocycles. The molecule has 1 unspecified atom stereocenters. The highest BCUT2D eigenvalue weighted by Gasteiger charge is 2.16. The van der Waals surface area contributed by atoms with E-state index in [1.807, 2.05) is 0 Å². The van der Waals surface area contributed by atoms with Crippen LogP contribution in [0.5, 0.6) is 0 Å². The quantitative estimate of drug-likeness (QED) is 0.0392. The Morgan fingerprint density at radius 2 is 0.800 bits per heavy atom. The molecule has 0 amide bonds. The van der Waals surface area contributed by atoms with Gasteiger partial charge in [-0.05, 0) is 51.4 Å². The number of ether oxygens (including phenoxy) is 2. The van der Waals surface area contributed by atoms with E-state index in [-0.39, 0.29) is 25.2 Å². The number of hydrogen-bond donors (Lipinski definition) is 1. The van der Waals surface area contributed by atoms with Gasteiger partial charge >= 0.3 is 11.9 Å². The zero-order chi connectivity index (χ0) is 36.4. The Kier molecular flexibility index (Phi) is 40.0. The van der Waals surface area contributed by atoms with Crippen molar-refractivity contribution in [1.82, 2.24) is 0 Å². The number of unbranched alkanes of at least 4 members (excludes halogenated alkanes) is 25. The lowest BCUT2D eigenvalue weighted by atomic mass is 10.0. The van der Waals surface area contributed by atoms with E-state index in [0.29, 0.717) is 12.8 Å². The Bertz CT molecular complexity index is 801. The second-order valence-electron chi connectivity index (χ2n) is 14.4. The molecule has 0 saturated heterocycles. The Labute approximate surface area is 310 Å². The van der Waals surface area contributed by atoms with E-state index in [1.54, 1.807) is 0 Å². The van der Waals surface area contributed by atoms with E-state index in [9.17, 15) is 14.7 Å². The zero-order valence-corrected chi connectivity index (χ0v) is 33.2. The predicted octanol–water partition coefficient (Wildman–Crippen LogP) is 13.6. The van der Waals surface area contributed by atoms with Gasteiger partial charge in [0.15, 0.2) is 6.10 Å². The van der Waals surface area contributed by atoms with Crippen LogP contribution in [0.2, 0.25) is 0 Å². The van der Waals surface area contributed by atoms with Crippen molar-refractivity contribution in [2.24, 2.45) is 0 Å². The van der Waals surface area contributed by atoms with Crippen LogP contribution in [0.15, 0.2) is 36.5 Å². The van der Waals surface area contributed by atoms with Gasteiger partial charge in [-0.2, -0.15) is 0 Å². The molecule has 0 aliphatic heterocycles. The van der Waals surface area contributed by atoms with Crippen LogP contribution < -0.4 is 0 Å². The molecule has 0 rings (SSSR count). The van der Waals surface area contributed by atoms with Gasteiger partial charge in [0.2, 0.25) is 0 Å². The number of rotatable bonds is 39. The molecular weight excluding hydrogens is 620 g/mol. The SMILES string of the molecule is CCCCCCC/C=C\C/C=C\C/C=C\CCCCCCCCCCCCCCC(=O)OC(CO)COC(=O)CCCCCCCCCCC. The lowest BCUT2D eigenvalue weighted by Gasteiger charge is -2.15. The summed E-state index contributed by atoms with van der Waals surface area (Å²) in [5, 5.41) is 9.54. The minimum absolute atomic E-state index is 0.0637. The van der Waals surface area contributed by atoms with Crippen LogP contribution in [0.25, 0.3) is 0 Å². The van der Waals surface area contributed by atoms with Crippen LogP contribution in [-0.4, -0.2) is 36.4 Å². The Morgan fingerprint density at radius 3 is 1.20 bits per heavy atom. The van der Waals surface area contributed by atoms with E-state index in [4.69, 9.17) is 9.47 Å². The van der Waals surface area contributed by atoms with Crippen molar-refractivity contribution in [3.05, 3.63) is 36.5 Å². The maximum Gasteiger partial charge on any atom is 0.306 e. The third kappa shape index (κ3) is 38.9. The van der Waals surface area contributed by atoms with Gasteiger partial charge in [0.05, 0.1) is 6.61 Å². The highest BCUT2D eigenvalue weighted by molar-refractivity contribution is 5.70. The van der Waals surface area contributed by atoms with Gasteiger partial charge in [-0.1, -0.05) is 192 Å². The number of hydrogen-bond acceptors (Lipinski definition) is 5. The molecule has 50 heavy (non-hydrogen) atoms. The van der Waals surface area contributed by atoms with Crippen molar-refractivity contribution < 1.29 is 24.2 Å². The molecule has 0 bridgehead atoms. The van der Waals surface area contributed by atoms with Crippen LogP contribution >= 0.6 is 0 Å². The summed E-state index contributed by atoms with van der Waals surface area (Å²) in [5.41, 5.74) is 0. The summed E-state index contributed by atoms with van der Waals surface area (Å²) in [6.07, 6.45) is 50.8. The fraction of sp³-hybridized carbons (Fsp3) is 0.822. The molecule has 0 aromatic carbocycles. The smallest absolute Gasteiger partial charge is 0.306 e. The molecule has 0 radical (unpaired) electrons. The van der Waals surface area contributed by atoms with E-state index < -0.39 is 6.10 Å². The van der Waals surface area contributed by atoms with Gasteiger partial charge in [0.1, 0.15) is 6.61 Å². The summed E-state index contributed by atoms with van der Waals surface area (Å²) in [6, 6.07) is 0. The Hall–Kier alpha value is -1.88. The number of aliphatic hydroxyl groups is 1. The maximum atomic E-state index is 12.2. The molecule has 0 aliphatic rings. The highest BCUT2D eigenvalue weighted by atomic mass is 16.6. The van der Waals surface area contributed by atoms with E-state index in [0.717, 1.165) is 51.4 Å². The van der Waals surface area contributed by atoms with Gasteiger partial charge in [0, 0.05) is 12.8 Å². The molecular formula is C45H82O5. The molecule has 5 heteroatoms. The second kappa shape index (κ2) is 41.5. The minimum atomic E-state index is -0.767. The first-order chi connectivity index (χ1) is 24.6. The lowest BCUT2D eigenvalue weighted by molar-refractivity contribution is -0.161. The first kappa shape index (κ1) is 48.1. The van der Waals surface area contributed by atoms with E-state index >= 15 is 0 Å². The Morgan fingerprint density at radius 1 is 0.460 bits per heavy atom. The zero-order valence-electron chi connectivity index (χ0n) is 33.2. The molecule has 5 nitrogen and oxygen atoms in total. The number of allylic oxidation sites excluding steroid dienone is 6. The van der Waals surface area contributed by atoms with Crippen LogP contribution in [0.3, 0.4) is 0 Å². The molecule has 1 atom stereocenters. The third-order valence-electron chi connectivity index (χ3n) is 9.44. The number of carbonyl (C=O) groups is 2. The van der Waals surface area contributed by atoms with E-state index in [2.05, 4.69) is 50.3 Å². The number of esters is 2. The molecule has 292 valence electrons. The minimum Gasteiger partial charge on any atom is -0.462 e. The molecule has 0 spiro atoms. The molecule has 0 aromatic rings. The van der Waals surface area contributed by atoms with Crippen LogP contribution in [0, 0.1) is 0 Å². The van der Waals surface area contributed by atoms with Gasteiger partial charge < -0.3 is 14.6 Å². The normalized spacial score (nSPS) is 12.5. The van der Waals surface area contributed by atoms with Crippen LogP contribution in [0.1, 0.15) is 219 Å². The summed E-state index contributed by atoms with van der Waals surface area (Å²) in [4.78, 5) is 24.2. The predicted molar refractivity (Wildman–Crippen MR) is 214 cm³/mol. The summed E-state index contributed by atoms with van der Waals surface area (Å²) in [5.74, 6) is -0.591. The van der Waals surface area contributed by atoms with Crippen molar-refractivity contribution in [2.45, 2.75) is 225 Å². The first-order valence-corrected chi connectivity index (χ1v) is 21.5. The van der Waals surface area contributed by atoms with E-state index in [1.165, 1.54) is 141 Å². The monoisotopic (exact) mass is 703 g/mol. The standard InChI is InChI=1S/C45H82O5/c1-3-5-7-9-11-13-14-15-16-17-18-19-20-21-22-23-24-25-26-27-28-29-30-32-34-36-38-40-45(48)50-43(41-46)42-49-44(47)39-37-35-33-31-12-10-8-6-4-2/h14-15,17-18,20-21,43,46H,3-13,16,19,22-42H2,1-2H3/b15-14-,18-17-,21-20-. The van der Waals surface area contributed by atoms with Gasteiger partial charge in [-0.25, -0.2) is 0 Å². The van der Waals surface area contributed by atoms with Crippen LogP contribution in [-0.2, 0) is 19.1 Å². The summed E-state index contributed by atoms with van der Waals surface area (Å²) >= 11 is 0. The molecule has 0 aliphatic carbocycles. The largest absolute Gasteiger partial charge is 0.462 e.